The number of amides is 1. The number of carbonyl (C=O) groups excluding carboxylic acids is 1. The van der Waals surface area contributed by atoms with Gasteiger partial charge in [-0.05, 0) is 30.2 Å². The summed E-state index contributed by atoms with van der Waals surface area (Å²) in [4.78, 5) is 16.1. The average molecular weight is 390 g/mol. The molecule has 1 aromatic heterocycles. The Balaban J connectivity index is 1.88. The van der Waals surface area contributed by atoms with Crippen molar-refractivity contribution < 1.29 is 22.7 Å². The number of nitrogens with zero attached hydrogens (tertiary/aromatic N) is 1. The maximum absolute atomic E-state index is 13.3. The summed E-state index contributed by atoms with van der Waals surface area (Å²) in [7, 11) is -3.78. The summed E-state index contributed by atoms with van der Waals surface area (Å²) in [5, 5.41) is 1.80. The van der Waals surface area contributed by atoms with Crippen molar-refractivity contribution in [2.75, 3.05) is 13.3 Å². The molecule has 0 fully saturated rings. The van der Waals surface area contributed by atoms with Crippen LogP contribution in [0.5, 0.6) is 11.5 Å². The van der Waals surface area contributed by atoms with Crippen LogP contribution in [0.4, 0.5) is 0 Å². The first-order chi connectivity index (χ1) is 13.0. The summed E-state index contributed by atoms with van der Waals surface area (Å²) >= 11 is 0. The summed E-state index contributed by atoms with van der Waals surface area (Å²) in [6.45, 7) is 2.04. The number of sulfone groups is 1. The summed E-state index contributed by atoms with van der Waals surface area (Å²) in [6, 6.07) is 7.90. The zero-order valence-corrected chi connectivity index (χ0v) is 15.9. The van der Waals surface area contributed by atoms with Gasteiger partial charge in [-0.25, -0.2) is 8.42 Å². The molecule has 1 aliphatic rings. The first-order valence-electron chi connectivity index (χ1n) is 8.82. The van der Waals surface area contributed by atoms with Crippen LogP contribution in [0.25, 0.3) is 0 Å². The molecule has 0 aliphatic carbocycles. The molecule has 1 N–H and O–H groups in total. The van der Waals surface area contributed by atoms with E-state index in [1.54, 1.807) is 24.4 Å². The minimum absolute atomic E-state index is 0.0228. The van der Waals surface area contributed by atoms with Crippen molar-refractivity contribution in [3.63, 3.8) is 0 Å². The first kappa shape index (κ1) is 19.2. The molecule has 8 heteroatoms. The SMILES string of the molecule is CCCCC(=O)NC[C@H](c1cccnc1)S(=O)(=O)c1ccc2c(c1)OCO2. The van der Waals surface area contributed by atoms with E-state index in [-0.39, 0.29) is 24.1 Å². The Morgan fingerprint density at radius 2 is 2.07 bits per heavy atom. The van der Waals surface area contributed by atoms with Crippen LogP contribution in [0.3, 0.4) is 0 Å². The van der Waals surface area contributed by atoms with E-state index in [9.17, 15) is 13.2 Å². The number of pyridine rings is 1. The molecule has 1 amide bonds. The molecule has 1 aromatic carbocycles. The number of hydrogen-bond donors (Lipinski definition) is 1. The Hall–Kier alpha value is -2.61. The molecule has 144 valence electrons. The third kappa shape index (κ3) is 4.39. The molecule has 1 aliphatic heterocycles. The first-order valence-corrected chi connectivity index (χ1v) is 10.4. The summed E-state index contributed by atoms with van der Waals surface area (Å²) in [6.07, 6.45) is 5.12. The highest BCUT2D eigenvalue weighted by molar-refractivity contribution is 7.91. The van der Waals surface area contributed by atoms with Gasteiger partial charge in [-0.2, -0.15) is 0 Å². The molecule has 0 spiro atoms. The topological polar surface area (TPSA) is 94.6 Å². The van der Waals surface area contributed by atoms with E-state index in [0.717, 1.165) is 12.8 Å². The number of benzene rings is 1. The molecule has 3 rings (SSSR count). The fourth-order valence-corrected chi connectivity index (χ4v) is 4.48. The van der Waals surface area contributed by atoms with Crippen LogP contribution >= 0.6 is 0 Å². The lowest BCUT2D eigenvalue weighted by atomic mass is 10.2. The van der Waals surface area contributed by atoms with E-state index in [0.29, 0.717) is 23.5 Å². The van der Waals surface area contributed by atoms with Gasteiger partial charge in [-0.3, -0.25) is 9.78 Å². The summed E-state index contributed by atoms with van der Waals surface area (Å²) in [5.74, 6) is 0.749. The van der Waals surface area contributed by atoms with Crippen molar-refractivity contribution >= 4 is 15.7 Å². The highest BCUT2D eigenvalue weighted by Crippen LogP contribution is 2.37. The van der Waals surface area contributed by atoms with Crippen molar-refractivity contribution in [1.29, 1.82) is 0 Å². The molecular weight excluding hydrogens is 368 g/mol. The van der Waals surface area contributed by atoms with Gasteiger partial charge in [0.25, 0.3) is 0 Å². The standard InChI is InChI=1S/C19H22N2O5S/c1-2-3-6-19(22)21-12-18(14-5-4-9-20-11-14)27(23,24)15-7-8-16-17(10-15)26-13-25-16/h4-5,7-11,18H,2-3,6,12-13H2,1H3,(H,21,22)/t18-/m1/s1. The Morgan fingerprint density at radius 3 is 2.81 bits per heavy atom. The fourth-order valence-electron chi connectivity index (χ4n) is 2.82. The van der Waals surface area contributed by atoms with Gasteiger partial charge < -0.3 is 14.8 Å². The van der Waals surface area contributed by atoms with Crippen LogP contribution in [0.2, 0.25) is 0 Å². The van der Waals surface area contributed by atoms with E-state index in [1.165, 1.54) is 18.3 Å². The second-order valence-electron chi connectivity index (χ2n) is 6.24. The zero-order chi connectivity index (χ0) is 19.3. The fraction of sp³-hybridized carbons (Fsp3) is 0.368. The molecule has 0 unspecified atom stereocenters. The summed E-state index contributed by atoms with van der Waals surface area (Å²) < 4.78 is 37.1. The third-order valence-electron chi connectivity index (χ3n) is 4.35. The van der Waals surface area contributed by atoms with Crippen molar-refractivity contribution in [2.24, 2.45) is 0 Å². The normalized spacial score (nSPS) is 14.0. The van der Waals surface area contributed by atoms with Crippen LogP contribution < -0.4 is 14.8 Å². The van der Waals surface area contributed by atoms with Gasteiger partial charge in [0.2, 0.25) is 12.7 Å². The van der Waals surface area contributed by atoms with E-state index >= 15 is 0 Å². The lowest BCUT2D eigenvalue weighted by Gasteiger charge is -2.19. The maximum atomic E-state index is 13.3. The van der Waals surface area contributed by atoms with E-state index in [4.69, 9.17) is 9.47 Å². The Morgan fingerprint density at radius 1 is 1.26 bits per heavy atom. The van der Waals surface area contributed by atoms with Crippen LogP contribution in [0.15, 0.2) is 47.6 Å². The number of aromatic nitrogens is 1. The number of unbranched alkanes of at least 4 members (excludes halogenated alkanes) is 1. The molecule has 1 atom stereocenters. The van der Waals surface area contributed by atoms with Gasteiger partial charge >= 0.3 is 0 Å². The minimum Gasteiger partial charge on any atom is -0.454 e. The number of ether oxygens (including phenoxy) is 2. The van der Waals surface area contributed by atoms with Crippen molar-refractivity contribution in [3.8, 4) is 11.5 Å². The van der Waals surface area contributed by atoms with E-state index < -0.39 is 15.1 Å². The van der Waals surface area contributed by atoms with E-state index in [2.05, 4.69) is 10.3 Å². The van der Waals surface area contributed by atoms with Crippen molar-refractivity contribution in [1.82, 2.24) is 10.3 Å². The maximum Gasteiger partial charge on any atom is 0.231 e. The molecular formula is C19H22N2O5S. The number of rotatable bonds is 8. The van der Waals surface area contributed by atoms with Gasteiger partial charge in [0.15, 0.2) is 21.3 Å². The lowest BCUT2D eigenvalue weighted by Crippen LogP contribution is -2.31. The second-order valence-corrected chi connectivity index (χ2v) is 8.37. The third-order valence-corrected chi connectivity index (χ3v) is 6.44. The molecule has 0 bridgehead atoms. The van der Waals surface area contributed by atoms with Gasteiger partial charge in [0, 0.05) is 31.4 Å². The molecule has 2 aromatic rings. The second kappa shape index (κ2) is 8.39. The van der Waals surface area contributed by atoms with Gasteiger partial charge in [0.1, 0.15) is 5.25 Å². The number of nitrogens with one attached hydrogen (secondary N) is 1. The minimum atomic E-state index is -3.78. The monoisotopic (exact) mass is 390 g/mol. The van der Waals surface area contributed by atoms with E-state index in [1.807, 2.05) is 6.92 Å². The molecule has 27 heavy (non-hydrogen) atoms. The van der Waals surface area contributed by atoms with Crippen LogP contribution in [-0.4, -0.2) is 32.6 Å². The predicted molar refractivity (Wildman–Crippen MR) is 99.3 cm³/mol. The lowest BCUT2D eigenvalue weighted by molar-refractivity contribution is -0.121. The largest absolute Gasteiger partial charge is 0.454 e. The van der Waals surface area contributed by atoms with Crippen molar-refractivity contribution in [2.45, 2.75) is 36.3 Å². The Kier molecular flexibility index (Phi) is 5.95. The number of hydrogen-bond acceptors (Lipinski definition) is 6. The van der Waals surface area contributed by atoms with Gasteiger partial charge in [0.05, 0.1) is 4.90 Å². The van der Waals surface area contributed by atoms with Crippen molar-refractivity contribution in [3.05, 3.63) is 48.3 Å². The smallest absolute Gasteiger partial charge is 0.231 e. The molecule has 0 saturated heterocycles. The van der Waals surface area contributed by atoms with Crippen LogP contribution in [-0.2, 0) is 14.6 Å². The molecule has 0 saturated carbocycles. The summed E-state index contributed by atoms with van der Waals surface area (Å²) in [5.41, 5.74) is 0.519. The highest BCUT2D eigenvalue weighted by Gasteiger charge is 2.31. The number of carbonyl (C=O) groups is 1. The van der Waals surface area contributed by atoms with Gasteiger partial charge in [-0.1, -0.05) is 19.4 Å². The molecule has 7 nitrogen and oxygen atoms in total. The van der Waals surface area contributed by atoms with Crippen LogP contribution in [0.1, 0.15) is 37.0 Å². The molecule has 2 heterocycles. The highest BCUT2D eigenvalue weighted by atomic mass is 32.2. The Labute approximate surface area is 158 Å². The zero-order valence-electron chi connectivity index (χ0n) is 15.1. The van der Waals surface area contributed by atoms with Crippen LogP contribution in [0, 0.1) is 0 Å². The quantitative estimate of drug-likeness (QED) is 0.745. The average Bonchev–Trinajstić information content (AvgIpc) is 3.15. The van der Waals surface area contributed by atoms with Gasteiger partial charge in [-0.15, -0.1) is 0 Å². The number of fused-ring (bicyclic) bond motifs is 1. The predicted octanol–water partition coefficient (Wildman–Crippen LogP) is 2.63. The Bertz CT molecular complexity index is 900. The molecule has 0 radical (unpaired) electrons.